The molecular weight excluding hydrogens is 216 g/mol. The largest absolute Gasteiger partial charge is 0.383 e. The Labute approximate surface area is 106 Å². The number of unbranched alkanes of at least 4 members (excludes halogenated alkanes) is 1. The standard InChI is InChI=1S/C12H28N4O/c1-5-6-9-16(3)10-7-14-12(13-2)15-8-11-17-4/h5-11H2,1-4H3,(H2,13,14,15). The number of rotatable bonds is 9. The summed E-state index contributed by atoms with van der Waals surface area (Å²) in [6, 6.07) is 0. The number of nitrogens with one attached hydrogen (secondary N) is 2. The van der Waals surface area contributed by atoms with E-state index in [1.165, 1.54) is 12.8 Å². The molecule has 0 aliphatic rings. The van der Waals surface area contributed by atoms with Crippen molar-refractivity contribution in [3.63, 3.8) is 0 Å². The first-order chi connectivity index (χ1) is 8.24. The maximum Gasteiger partial charge on any atom is 0.191 e. The van der Waals surface area contributed by atoms with Crippen molar-refractivity contribution < 1.29 is 4.74 Å². The van der Waals surface area contributed by atoms with Crippen LogP contribution in [0.25, 0.3) is 0 Å². The Bertz CT molecular complexity index is 197. The van der Waals surface area contributed by atoms with Crippen LogP contribution in [0.3, 0.4) is 0 Å². The molecule has 2 N–H and O–H groups in total. The van der Waals surface area contributed by atoms with Gasteiger partial charge in [-0.05, 0) is 20.0 Å². The van der Waals surface area contributed by atoms with Gasteiger partial charge in [-0.15, -0.1) is 0 Å². The maximum absolute atomic E-state index is 4.97. The van der Waals surface area contributed by atoms with Gasteiger partial charge in [0.05, 0.1) is 6.61 Å². The molecule has 0 aliphatic carbocycles. The third kappa shape index (κ3) is 10.1. The zero-order chi connectivity index (χ0) is 12.9. The summed E-state index contributed by atoms with van der Waals surface area (Å²) in [4.78, 5) is 6.47. The van der Waals surface area contributed by atoms with Crippen LogP contribution < -0.4 is 10.6 Å². The molecular formula is C12H28N4O. The molecule has 0 bridgehead atoms. The van der Waals surface area contributed by atoms with E-state index in [1.807, 2.05) is 0 Å². The van der Waals surface area contributed by atoms with Crippen molar-refractivity contribution in [2.75, 3.05) is 54.0 Å². The normalized spacial score (nSPS) is 11.9. The Kier molecular flexibility index (Phi) is 11.1. The van der Waals surface area contributed by atoms with Crippen molar-refractivity contribution in [1.82, 2.24) is 15.5 Å². The molecule has 0 unspecified atom stereocenters. The molecule has 0 rings (SSSR count). The maximum atomic E-state index is 4.97. The first-order valence-corrected chi connectivity index (χ1v) is 6.36. The Hall–Kier alpha value is -0.810. The Morgan fingerprint density at radius 2 is 1.94 bits per heavy atom. The Balaban J connectivity index is 3.55. The number of nitrogens with zero attached hydrogens (tertiary/aromatic N) is 2. The van der Waals surface area contributed by atoms with Crippen molar-refractivity contribution in [2.24, 2.45) is 4.99 Å². The minimum Gasteiger partial charge on any atom is -0.383 e. The summed E-state index contributed by atoms with van der Waals surface area (Å²) in [6.45, 7) is 6.79. The Morgan fingerprint density at radius 3 is 2.53 bits per heavy atom. The van der Waals surface area contributed by atoms with E-state index in [1.54, 1.807) is 14.2 Å². The highest BCUT2D eigenvalue weighted by molar-refractivity contribution is 5.79. The third-order valence-corrected chi connectivity index (χ3v) is 2.50. The van der Waals surface area contributed by atoms with Crippen LogP contribution in [0.1, 0.15) is 19.8 Å². The van der Waals surface area contributed by atoms with Gasteiger partial charge in [0.25, 0.3) is 0 Å². The average molecular weight is 244 g/mol. The molecule has 0 saturated heterocycles. The van der Waals surface area contributed by atoms with Crippen LogP contribution in [0.15, 0.2) is 4.99 Å². The van der Waals surface area contributed by atoms with Gasteiger partial charge in [-0.1, -0.05) is 13.3 Å². The van der Waals surface area contributed by atoms with E-state index < -0.39 is 0 Å². The lowest BCUT2D eigenvalue weighted by molar-refractivity contribution is 0.203. The van der Waals surface area contributed by atoms with Gasteiger partial charge in [-0.25, -0.2) is 0 Å². The molecule has 5 nitrogen and oxygen atoms in total. The lowest BCUT2D eigenvalue weighted by atomic mass is 10.3. The predicted octanol–water partition coefficient (Wildman–Crippen LogP) is 0.530. The highest BCUT2D eigenvalue weighted by Gasteiger charge is 1.99. The zero-order valence-corrected chi connectivity index (χ0v) is 11.8. The molecule has 0 radical (unpaired) electrons. The summed E-state index contributed by atoms with van der Waals surface area (Å²) in [7, 11) is 5.63. The third-order valence-electron chi connectivity index (χ3n) is 2.50. The smallest absolute Gasteiger partial charge is 0.191 e. The summed E-state index contributed by atoms with van der Waals surface area (Å²) < 4.78 is 4.97. The molecule has 5 heteroatoms. The molecule has 0 atom stereocenters. The summed E-state index contributed by atoms with van der Waals surface area (Å²) in [5.74, 6) is 0.839. The summed E-state index contributed by atoms with van der Waals surface area (Å²) >= 11 is 0. The quantitative estimate of drug-likeness (QED) is 0.353. The second-order valence-corrected chi connectivity index (χ2v) is 4.08. The SMILES string of the molecule is CCCCN(C)CCNC(=NC)NCCOC. The van der Waals surface area contributed by atoms with Gasteiger partial charge in [0.15, 0.2) is 5.96 Å². The second-order valence-electron chi connectivity index (χ2n) is 4.08. The van der Waals surface area contributed by atoms with E-state index in [0.29, 0.717) is 6.61 Å². The van der Waals surface area contributed by atoms with Crippen LogP contribution in [0, 0.1) is 0 Å². The molecule has 0 aromatic rings. The molecule has 0 fully saturated rings. The van der Waals surface area contributed by atoms with E-state index >= 15 is 0 Å². The van der Waals surface area contributed by atoms with Crippen molar-refractivity contribution >= 4 is 5.96 Å². The van der Waals surface area contributed by atoms with E-state index in [9.17, 15) is 0 Å². The van der Waals surface area contributed by atoms with E-state index in [4.69, 9.17) is 4.74 Å². The minimum absolute atomic E-state index is 0.692. The second kappa shape index (κ2) is 11.7. The number of guanidine groups is 1. The van der Waals surface area contributed by atoms with Crippen molar-refractivity contribution in [3.8, 4) is 0 Å². The van der Waals surface area contributed by atoms with Gasteiger partial charge in [0.2, 0.25) is 0 Å². The van der Waals surface area contributed by atoms with Gasteiger partial charge >= 0.3 is 0 Å². The topological polar surface area (TPSA) is 48.9 Å². The number of aliphatic imine (C=N–C) groups is 1. The lowest BCUT2D eigenvalue weighted by Gasteiger charge is -2.17. The molecule has 17 heavy (non-hydrogen) atoms. The van der Waals surface area contributed by atoms with Crippen molar-refractivity contribution in [1.29, 1.82) is 0 Å². The zero-order valence-electron chi connectivity index (χ0n) is 11.8. The van der Waals surface area contributed by atoms with Crippen molar-refractivity contribution in [2.45, 2.75) is 19.8 Å². The highest BCUT2D eigenvalue weighted by Crippen LogP contribution is 1.89. The molecule has 0 heterocycles. The summed E-state index contributed by atoms with van der Waals surface area (Å²) in [6.07, 6.45) is 2.51. The summed E-state index contributed by atoms with van der Waals surface area (Å²) in [5.41, 5.74) is 0. The number of likely N-dealkylation sites (N-methyl/N-ethyl adjacent to an activating group) is 1. The van der Waals surface area contributed by atoms with Gasteiger partial charge in [-0.3, -0.25) is 4.99 Å². The van der Waals surface area contributed by atoms with Crippen LogP contribution in [-0.2, 0) is 4.74 Å². The fourth-order valence-corrected chi connectivity index (χ4v) is 1.40. The molecule has 102 valence electrons. The predicted molar refractivity (Wildman–Crippen MR) is 73.6 cm³/mol. The number of ether oxygens (including phenoxy) is 1. The lowest BCUT2D eigenvalue weighted by Crippen LogP contribution is -2.42. The summed E-state index contributed by atoms with van der Waals surface area (Å²) in [5, 5.41) is 6.46. The van der Waals surface area contributed by atoms with Gasteiger partial charge in [0, 0.05) is 33.8 Å². The van der Waals surface area contributed by atoms with E-state index in [2.05, 4.69) is 34.5 Å². The van der Waals surface area contributed by atoms with Crippen LogP contribution in [0.2, 0.25) is 0 Å². The minimum atomic E-state index is 0.692. The molecule has 0 aliphatic heterocycles. The molecule has 0 aromatic carbocycles. The number of hydrogen-bond donors (Lipinski definition) is 2. The monoisotopic (exact) mass is 244 g/mol. The molecule has 0 aromatic heterocycles. The fraction of sp³-hybridized carbons (Fsp3) is 0.917. The first kappa shape index (κ1) is 16.2. The highest BCUT2D eigenvalue weighted by atomic mass is 16.5. The van der Waals surface area contributed by atoms with Gasteiger partial charge < -0.3 is 20.3 Å². The van der Waals surface area contributed by atoms with Crippen LogP contribution >= 0.6 is 0 Å². The Morgan fingerprint density at radius 1 is 1.24 bits per heavy atom. The number of methoxy groups -OCH3 is 1. The van der Waals surface area contributed by atoms with E-state index in [-0.39, 0.29) is 0 Å². The molecule has 0 saturated carbocycles. The average Bonchev–Trinajstić information content (AvgIpc) is 2.34. The first-order valence-electron chi connectivity index (χ1n) is 6.36. The van der Waals surface area contributed by atoms with E-state index in [0.717, 1.165) is 32.1 Å². The molecule has 0 spiro atoms. The number of hydrogen-bond acceptors (Lipinski definition) is 3. The van der Waals surface area contributed by atoms with Crippen LogP contribution in [0.5, 0.6) is 0 Å². The van der Waals surface area contributed by atoms with Gasteiger partial charge in [0.1, 0.15) is 0 Å². The van der Waals surface area contributed by atoms with Crippen LogP contribution in [0.4, 0.5) is 0 Å². The van der Waals surface area contributed by atoms with Crippen LogP contribution in [-0.4, -0.2) is 64.9 Å². The molecule has 0 amide bonds. The van der Waals surface area contributed by atoms with Gasteiger partial charge in [-0.2, -0.15) is 0 Å². The fourth-order valence-electron chi connectivity index (χ4n) is 1.40. The van der Waals surface area contributed by atoms with Crippen molar-refractivity contribution in [3.05, 3.63) is 0 Å².